The van der Waals surface area contributed by atoms with Gasteiger partial charge in [-0.3, -0.25) is 52.7 Å². The highest BCUT2D eigenvalue weighted by atomic mass is 35.5. The Hall–Kier alpha value is -5.75. The van der Waals surface area contributed by atoms with E-state index in [1.807, 2.05) is 27.7 Å². The Morgan fingerprint density at radius 1 is 0.609 bits per heavy atom. The average Bonchev–Trinajstić information content (AvgIpc) is 1.60. The van der Waals surface area contributed by atoms with Gasteiger partial charge in [0.15, 0.2) is 0 Å². The molecule has 2 saturated heterocycles. The first kappa shape index (κ1) is 75.3. The third-order valence-corrected chi connectivity index (χ3v) is 21.0. The number of likely N-dealkylation sites (N-methyl/N-ethyl adjacent to an activating group) is 5. The fourth-order valence-electron chi connectivity index (χ4n) is 14.6. The van der Waals surface area contributed by atoms with Gasteiger partial charge in [0.1, 0.15) is 48.3 Å². The molecule has 0 radical (unpaired) electrons. The van der Waals surface area contributed by atoms with Gasteiger partial charge in [0.2, 0.25) is 65.0 Å². The van der Waals surface area contributed by atoms with Gasteiger partial charge in [0.25, 0.3) is 0 Å². The van der Waals surface area contributed by atoms with E-state index in [0.29, 0.717) is 38.5 Å². The Labute approximate surface area is 548 Å². The SMILES string of the molecule is CC[C@H](C)[C@@H]1NC(=O)[C@H](CC(C)C)N(C)C(=O)C[C@@H](C)NC(=O)[C@H](C(C)C)N(C)C(=O)C2(CCCC2)NC(=O)[C@@H]2CCCN2C(=O)[C@H](CCC2CCC(C(F)(F)F)C(Cl)C2)NC(=O)CN(C)C(=O)[C@H](CC2CCCCC2)N(C)C(=O)CN(C)C(=O)CN(C2CC2)C1=O. The van der Waals surface area contributed by atoms with Gasteiger partial charge in [-0.25, -0.2) is 0 Å². The number of nitrogens with zero attached hydrogens (tertiary/aromatic N) is 7. The lowest BCUT2D eigenvalue weighted by molar-refractivity contribution is -0.182. The zero-order chi connectivity index (χ0) is 68.3. The van der Waals surface area contributed by atoms with Gasteiger partial charge < -0.3 is 55.6 Å². The van der Waals surface area contributed by atoms with E-state index in [0.717, 1.165) is 32.1 Å². The van der Waals surface area contributed by atoms with Crippen LogP contribution in [0.15, 0.2) is 0 Å². The van der Waals surface area contributed by atoms with Gasteiger partial charge >= 0.3 is 6.18 Å². The maximum atomic E-state index is 15.1. The summed E-state index contributed by atoms with van der Waals surface area (Å²) in [7, 11) is 7.30. The molecule has 11 atom stereocenters. The van der Waals surface area contributed by atoms with Crippen molar-refractivity contribution in [3.8, 4) is 0 Å². The lowest BCUT2D eigenvalue weighted by Crippen LogP contribution is -2.64. The minimum absolute atomic E-state index is 0.0164. The number of carbonyl (C=O) groups excluding carboxylic acids is 11. The van der Waals surface area contributed by atoms with Gasteiger partial charge in [-0.05, 0) is 120 Å². The Bertz CT molecular complexity index is 2640. The van der Waals surface area contributed by atoms with E-state index in [4.69, 9.17) is 11.6 Å². The first-order valence-electron chi connectivity index (χ1n) is 34.0. The maximum absolute atomic E-state index is 15.1. The molecule has 4 N–H and O–H groups in total. The molecule has 6 aliphatic rings. The van der Waals surface area contributed by atoms with Crippen LogP contribution in [0.2, 0.25) is 0 Å². The molecule has 6 rings (SSSR count). The molecule has 0 aromatic heterocycles. The lowest BCUT2D eigenvalue weighted by atomic mass is 9.78. The molecule has 4 saturated carbocycles. The highest BCUT2D eigenvalue weighted by Gasteiger charge is 2.51. The number of hydrogen-bond donors (Lipinski definition) is 4. The minimum atomic E-state index is -4.49. The first-order valence-corrected chi connectivity index (χ1v) is 34.4. The Kier molecular flexibility index (Phi) is 27.1. The third kappa shape index (κ3) is 19.5. The summed E-state index contributed by atoms with van der Waals surface area (Å²) in [5, 5.41) is 10.5. The molecule has 0 bridgehead atoms. The van der Waals surface area contributed by atoms with Crippen LogP contribution in [0.4, 0.5) is 13.2 Å². The average molecular weight is 1320 g/mol. The van der Waals surface area contributed by atoms with E-state index < -0.39 is 162 Å². The van der Waals surface area contributed by atoms with Crippen molar-refractivity contribution in [2.75, 3.05) is 61.4 Å². The van der Waals surface area contributed by atoms with Crippen molar-refractivity contribution < 1.29 is 65.9 Å². The predicted octanol–water partition coefficient (Wildman–Crippen LogP) is 5.76. The second kappa shape index (κ2) is 33.1. The zero-order valence-electron chi connectivity index (χ0n) is 56.7. The molecule has 4 aliphatic carbocycles. The lowest BCUT2D eigenvalue weighted by Gasteiger charge is -2.39. The maximum Gasteiger partial charge on any atom is 0.393 e. The fraction of sp³-hybridized carbons (Fsp3) is 0.833. The van der Waals surface area contributed by atoms with Crippen molar-refractivity contribution in [2.24, 2.45) is 35.5 Å². The van der Waals surface area contributed by atoms with E-state index >= 15 is 9.59 Å². The van der Waals surface area contributed by atoms with Crippen molar-refractivity contribution in [3.05, 3.63) is 0 Å². The number of fused-ring (bicyclic) bond motifs is 1. The quantitative estimate of drug-likeness (QED) is 0.181. The standard InChI is InChI=1S/C66H107ClF3N11O11/c1-13-41(6)56-63(91)81(45-25-26-45)38-54(84)75(8)37-55(85)78(11)51(35-43-20-15-14-16-21-43)62(90)76(9)36-52(82)72-48(28-24-44-23-27-46(47(67)34-44)66(68,69)70)61(89)80-31-19-22-49(80)59(87)74-65(29-17-18-30-65)64(92)79(12)57(40(4)5)60(88)71-42(7)33-53(83)77(10)50(32-39(2)3)58(86)73-56/h39-51,56-57H,13-38H2,1-12H3,(H,71,88)(H,72,82)(H,73,86)(H,74,87)/t41-,42+,44?,46?,47?,48-,49-,50-,51-,56-,57-/m0/s1. The molecule has 3 unspecified atom stereocenters. The number of alkyl halides is 4. The molecular weight excluding hydrogens is 1220 g/mol. The van der Waals surface area contributed by atoms with Gasteiger partial charge in [0, 0.05) is 65.7 Å². The van der Waals surface area contributed by atoms with Gasteiger partial charge in [-0.15, -0.1) is 11.6 Å². The second-order valence-electron chi connectivity index (χ2n) is 28.7. The highest BCUT2D eigenvalue weighted by Crippen LogP contribution is 2.44. The van der Waals surface area contributed by atoms with Crippen LogP contribution in [-0.4, -0.2) is 226 Å². The topological polar surface area (TPSA) is 259 Å². The number of rotatable bonds is 11. The molecule has 2 aliphatic heterocycles. The van der Waals surface area contributed by atoms with Crippen LogP contribution < -0.4 is 21.3 Å². The predicted molar refractivity (Wildman–Crippen MR) is 341 cm³/mol. The van der Waals surface area contributed by atoms with Crippen LogP contribution in [0.25, 0.3) is 0 Å². The Morgan fingerprint density at radius 2 is 1.25 bits per heavy atom. The van der Waals surface area contributed by atoms with Crippen molar-refractivity contribution in [2.45, 2.75) is 255 Å². The molecule has 22 nitrogen and oxygen atoms in total. The third-order valence-electron chi connectivity index (χ3n) is 20.6. The largest absolute Gasteiger partial charge is 0.393 e. The zero-order valence-corrected chi connectivity index (χ0v) is 57.4. The number of carbonyl (C=O) groups is 11. The summed E-state index contributed by atoms with van der Waals surface area (Å²) < 4.78 is 41.8. The molecule has 92 heavy (non-hydrogen) atoms. The summed E-state index contributed by atoms with van der Waals surface area (Å²) in [6.45, 7) is 11.3. The minimum Gasteiger partial charge on any atom is -0.351 e. The van der Waals surface area contributed by atoms with E-state index in [-0.39, 0.29) is 101 Å². The summed E-state index contributed by atoms with van der Waals surface area (Å²) in [6, 6.07) is -7.84. The summed E-state index contributed by atoms with van der Waals surface area (Å²) in [5.74, 6) is -9.31. The van der Waals surface area contributed by atoms with Crippen molar-refractivity contribution >= 4 is 76.6 Å². The smallest absolute Gasteiger partial charge is 0.351 e. The van der Waals surface area contributed by atoms with Gasteiger partial charge in [0.05, 0.1) is 19.0 Å². The van der Waals surface area contributed by atoms with E-state index in [1.165, 1.54) is 69.5 Å². The van der Waals surface area contributed by atoms with Crippen LogP contribution in [0, 0.1) is 35.5 Å². The van der Waals surface area contributed by atoms with Crippen LogP contribution in [0.1, 0.15) is 190 Å². The molecule has 6 fully saturated rings. The Balaban J connectivity index is 1.35. The van der Waals surface area contributed by atoms with E-state index in [9.17, 15) is 56.3 Å². The fourth-order valence-corrected chi connectivity index (χ4v) is 15.1. The highest BCUT2D eigenvalue weighted by molar-refractivity contribution is 6.20. The molecule has 11 amide bonds. The summed E-state index contributed by atoms with van der Waals surface area (Å²) in [5.41, 5.74) is -1.47. The monoisotopic (exact) mass is 1320 g/mol. The van der Waals surface area contributed by atoms with Crippen LogP contribution in [0.5, 0.6) is 0 Å². The number of amides is 11. The summed E-state index contributed by atoms with van der Waals surface area (Å²) in [6.07, 6.45) is 4.18. The molecular formula is C66H107ClF3N11O11. The van der Waals surface area contributed by atoms with Crippen molar-refractivity contribution in [1.82, 2.24) is 55.6 Å². The summed E-state index contributed by atoms with van der Waals surface area (Å²) >= 11 is 6.37. The number of nitrogens with one attached hydrogen (secondary N) is 4. The summed E-state index contributed by atoms with van der Waals surface area (Å²) in [4.78, 5) is 170. The molecule has 0 aromatic rings. The van der Waals surface area contributed by atoms with Gasteiger partial charge in [-0.1, -0.05) is 92.9 Å². The molecule has 520 valence electrons. The van der Waals surface area contributed by atoms with Gasteiger partial charge in [-0.2, -0.15) is 13.2 Å². The number of hydrogen-bond acceptors (Lipinski definition) is 11. The van der Waals surface area contributed by atoms with Crippen molar-refractivity contribution in [1.29, 1.82) is 0 Å². The Morgan fingerprint density at radius 3 is 1.84 bits per heavy atom. The molecule has 0 aromatic carbocycles. The van der Waals surface area contributed by atoms with Crippen LogP contribution in [0.3, 0.4) is 0 Å². The van der Waals surface area contributed by atoms with Crippen LogP contribution in [-0.2, 0) is 52.7 Å². The molecule has 26 heteroatoms. The first-order chi connectivity index (χ1) is 43.2. The van der Waals surface area contributed by atoms with Crippen LogP contribution >= 0.6 is 11.6 Å². The van der Waals surface area contributed by atoms with Crippen molar-refractivity contribution in [3.63, 3.8) is 0 Å². The van der Waals surface area contributed by atoms with E-state index in [2.05, 4.69) is 21.3 Å². The second-order valence-corrected chi connectivity index (χ2v) is 29.2. The normalized spacial score (nSPS) is 30.3. The molecule has 2 heterocycles. The molecule has 1 spiro atoms. The number of halogens is 4. The van der Waals surface area contributed by atoms with E-state index in [1.54, 1.807) is 20.8 Å².